The molecule has 0 amide bonds. The van der Waals surface area contributed by atoms with Gasteiger partial charge in [0.25, 0.3) is 0 Å². The Morgan fingerprint density at radius 3 is 2.06 bits per heavy atom. The van der Waals surface area contributed by atoms with Crippen LogP contribution >= 0.6 is 0 Å². The fraction of sp³-hybridized carbons (Fsp3) is 1.00. The minimum Gasteiger partial charge on any atom is -0.271 e. The van der Waals surface area contributed by atoms with Crippen LogP contribution in [-0.2, 0) is 0 Å². The highest BCUT2D eigenvalue weighted by Crippen LogP contribution is 2.43. The van der Waals surface area contributed by atoms with Crippen LogP contribution in [-0.4, -0.2) is 6.04 Å². The molecule has 2 rings (SSSR count). The van der Waals surface area contributed by atoms with Gasteiger partial charge in [-0.2, -0.15) is 0 Å². The average Bonchev–Trinajstić information content (AvgIpc) is 3.09. The summed E-state index contributed by atoms with van der Waals surface area (Å²) >= 11 is 0. The maximum Gasteiger partial charge on any atom is 0.0241 e. The molecule has 100 valence electrons. The van der Waals surface area contributed by atoms with Gasteiger partial charge in [-0.15, -0.1) is 0 Å². The molecule has 0 aromatic carbocycles. The van der Waals surface area contributed by atoms with Crippen molar-refractivity contribution in [3.8, 4) is 0 Å². The molecule has 0 radical (unpaired) electrons. The van der Waals surface area contributed by atoms with Gasteiger partial charge in [-0.3, -0.25) is 11.3 Å². The molecule has 2 nitrogen and oxygen atoms in total. The van der Waals surface area contributed by atoms with Crippen LogP contribution in [0.15, 0.2) is 0 Å². The van der Waals surface area contributed by atoms with Crippen LogP contribution in [0.2, 0.25) is 0 Å². The number of hydrazine groups is 1. The summed E-state index contributed by atoms with van der Waals surface area (Å²) in [4.78, 5) is 0. The molecule has 0 aromatic heterocycles. The molecule has 0 aliphatic heterocycles. The molecule has 1 unspecified atom stereocenters. The highest BCUT2D eigenvalue weighted by Gasteiger charge is 2.34. The average molecular weight is 238 g/mol. The van der Waals surface area contributed by atoms with Crippen molar-refractivity contribution in [3.05, 3.63) is 0 Å². The summed E-state index contributed by atoms with van der Waals surface area (Å²) in [6.07, 6.45) is 9.76. The van der Waals surface area contributed by atoms with Crippen LogP contribution < -0.4 is 11.3 Å². The molecule has 0 bridgehead atoms. The SMILES string of the molecule is CC(C)(C)C1CCC(C(CC2CC2)NN)CC1. The quantitative estimate of drug-likeness (QED) is 0.581. The molecule has 2 heteroatoms. The van der Waals surface area contributed by atoms with Gasteiger partial charge >= 0.3 is 0 Å². The molecule has 17 heavy (non-hydrogen) atoms. The largest absolute Gasteiger partial charge is 0.271 e. The maximum atomic E-state index is 5.75. The standard InChI is InChI=1S/C15H30N2/c1-15(2,3)13-8-6-12(7-9-13)14(17-16)10-11-4-5-11/h11-14,17H,4-10,16H2,1-3H3. The van der Waals surface area contributed by atoms with E-state index in [2.05, 4.69) is 26.2 Å². The van der Waals surface area contributed by atoms with Crippen molar-refractivity contribution >= 4 is 0 Å². The van der Waals surface area contributed by atoms with E-state index < -0.39 is 0 Å². The van der Waals surface area contributed by atoms with E-state index >= 15 is 0 Å². The molecule has 2 aliphatic rings. The van der Waals surface area contributed by atoms with Gasteiger partial charge in [-0.05, 0) is 55.3 Å². The molecular formula is C15H30N2. The molecular weight excluding hydrogens is 208 g/mol. The molecule has 3 N–H and O–H groups in total. The predicted octanol–water partition coefficient (Wildman–Crippen LogP) is 3.47. The summed E-state index contributed by atoms with van der Waals surface area (Å²) in [5.41, 5.74) is 3.59. The Hall–Kier alpha value is -0.0800. The first kappa shape index (κ1) is 13.4. The van der Waals surface area contributed by atoms with Crippen LogP contribution in [0.25, 0.3) is 0 Å². The summed E-state index contributed by atoms with van der Waals surface area (Å²) in [6, 6.07) is 0.586. The first-order valence-electron chi connectivity index (χ1n) is 7.47. The van der Waals surface area contributed by atoms with Crippen molar-refractivity contribution in [2.75, 3.05) is 0 Å². The lowest BCUT2D eigenvalue weighted by atomic mass is 9.68. The number of nitrogens with two attached hydrogens (primary N) is 1. The second-order valence-corrected chi connectivity index (χ2v) is 7.43. The summed E-state index contributed by atoms with van der Waals surface area (Å²) < 4.78 is 0. The van der Waals surface area contributed by atoms with E-state index in [-0.39, 0.29) is 0 Å². The molecule has 2 fully saturated rings. The zero-order valence-corrected chi connectivity index (χ0v) is 11.8. The zero-order valence-electron chi connectivity index (χ0n) is 11.8. The van der Waals surface area contributed by atoms with Crippen molar-refractivity contribution in [1.29, 1.82) is 0 Å². The van der Waals surface area contributed by atoms with Gasteiger partial charge in [-0.25, -0.2) is 0 Å². The van der Waals surface area contributed by atoms with Crippen molar-refractivity contribution in [1.82, 2.24) is 5.43 Å². The van der Waals surface area contributed by atoms with Gasteiger partial charge in [0.15, 0.2) is 0 Å². The van der Waals surface area contributed by atoms with E-state index in [9.17, 15) is 0 Å². The number of hydrogen-bond acceptors (Lipinski definition) is 2. The Balaban J connectivity index is 1.80. The smallest absolute Gasteiger partial charge is 0.0241 e. The molecule has 0 saturated heterocycles. The fourth-order valence-electron chi connectivity index (χ4n) is 3.50. The Labute approximate surface area is 107 Å². The van der Waals surface area contributed by atoms with Gasteiger partial charge < -0.3 is 0 Å². The first-order valence-corrected chi connectivity index (χ1v) is 7.47. The van der Waals surface area contributed by atoms with Crippen LogP contribution in [0.4, 0.5) is 0 Å². The highest BCUT2D eigenvalue weighted by molar-refractivity contribution is 4.88. The van der Waals surface area contributed by atoms with Crippen LogP contribution in [0.3, 0.4) is 0 Å². The van der Waals surface area contributed by atoms with Gasteiger partial charge in [0, 0.05) is 6.04 Å². The summed E-state index contributed by atoms with van der Waals surface area (Å²) in [6.45, 7) is 7.17. The van der Waals surface area contributed by atoms with Crippen molar-refractivity contribution in [2.45, 2.75) is 71.8 Å². The lowest BCUT2D eigenvalue weighted by Gasteiger charge is -2.39. The third-order valence-corrected chi connectivity index (χ3v) is 5.06. The number of hydrogen-bond donors (Lipinski definition) is 2. The lowest BCUT2D eigenvalue weighted by molar-refractivity contribution is 0.129. The Kier molecular flexibility index (Phi) is 4.14. The summed E-state index contributed by atoms with van der Waals surface area (Å²) in [5.74, 6) is 8.48. The summed E-state index contributed by atoms with van der Waals surface area (Å²) in [7, 11) is 0. The first-order chi connectivity index (χ1) is 8.00. The van der Waals surface area contributed by atoms with E-state index in [1.54, 1.807) is 0 Å². The molecule has 0 spiro atoms. The fourth-order valence-corrected chi connectivity index (χ4v) is 3.50. The van der Waals surface area contributed by atoms with Gasteiger partial charge in [0.2, 0.25) is 0 Å². The highest BCUT2D eigenvalue weighted by atomic mass is 15.2. The van der Waals surface area contributed by atoms with Crippen LogP contribution in [0, 0.1) is 23.2 Å². The molecule has 0 heterocycles. The monoisotopic (exact) mass is 238 g/mol. The minimum absolute atomic E-state index is 0.493. The van der Waals surface area contributed by atoms with E-state index in [0.717, 1.165) is 17.8 Å². The van der Waals surface area contributed by atoms with E-state index in [1.165, 1.54) is 44.9 Å². The Morgan fingerprint density at radius 1 is 1.06 bits per heavy atom. The Morgan fingerprint density at radius 2 is 1.65 bits per heavy atom. The topological polar surface area (TPSA) is 38.0 Å². The van der Waals surface area contributed by atoms with E-state index in [1.807, 2.05) is 0 Å². The van der Waals surface area contributed by atoms with Crippen LogP contribution in [0.5, 0.6) is 0 Å². The van der Waals surface area contributed by atoms with Gasteiger partial charge in [0.05, 0.1) is 0 Å². The lowest BCUT2D eigenvalue weighted by Crippen LogP contribution is -2.43. The normalized spacial score (nSPS) is 32.5. The van der Waals surface area contributed by atoms with E-state index in [0.29, 0.717) is 11.5 Å². The van der Waals surface area contributed by atoms with E-state index in [4.69, 9.17) is 5.84 Å². The predicted molar refractivity (Wildman–Crippen MR) is 73.4 cm³/mol. The zero-order chi connectivity index (χ0) is 12.5. The van der Waals surface area contributed by atoms with Crippen molar-refractivity contribution < 1.29 is 0 Å². The molecule has 2 saturated carbocycles. The van der Waals surface area contributed by atoms with Gasteiger partial charge in [0.1, 0.15) is 0 Å². The molecule has 0 aromatic rings. The second kappa shape index (κ2) is 5.27. The number of rotatable bonds is 4. The Bertz CT molecular complexity index is 232. The summed E-state index contributed by atoms with van der Waals surface area (Å²) in [5, 5.41) is 0. The second-order valence-electron chi connectivity index (χ2n) is 7.43. The maximum absolute atomic E-state index is 5.75. The molecule has 1 atom stereocenters. The van der Waals surface area contributed by atoms with Crippen LogP contribution in [0.1, 0.15) is 65.7 Å². The van der Waals surface area contributed by atoms with Crippen molar-refractivity contribution in [2.24, 2.45) is 29.0 Å². The number of nitrogens with one attached hydrogen (secondary N) is 1. The van der Waals surface area contributed by atoms with Gasteiger partial charge in [-0.1, -0.05) is 33.6 Å². The molecule has 2 aliphatic carbocycles. The minimum atomic E-state index is 0.493. The van der Waals surface area contributed by atoms with Crippen molar-refractivity contribution in [3.63, 3.8) is 0 Å². The third-order valence-electron chi connectivity index (χ3n) is 5.06. The third kappa shape index (κ3) is 3.69.